The highest BCUT2D eigenvalue weighted by molar-refractivity contribution is 6.31. The average Bonchev–Trinajstić information content (AvgIpc) is 3.36. The average molecular weight is 419 g/mol. The van der Waals surface area contributed by atoms with Crippen LogP contribution in [0.25, 0.3) is 0 Å². The SMILES string of the molecule is COc1cc(Cl)cc(C=NN2C(=O)[C@@H]3[C@H](C2=O)[C@H]2C=C[C@H]3C2)c1O[C@H](C)C(=O)O. The minimum Gasteiger partial charge on any atom is -0.493 e. The maximum absolute atomic E-state index is 12.7. The van der Waals surface area contributed by atoms with Gasteiger partial charge in [-0.2, -0.15) is 10.1 Å². The number of carboxylic acids is 1. The number of carboxylic acid groups (broad SMARTS) is 1. The molecular formula is C20H19ClN2O6. The Labute approximate surface area is 171 Å². The molecule has 0 unspecified atom stereocenters. The van der Waals surface area contributed by atoms with Gasteiger partial charge in [0.25, 0.3) is 11.8 Å². The molecule has 0 radical (unpaired) electrons. The first-order valence-electron chi connectivity index (χ1n) is 9.19. The summed E-state index contributed by atoms with van der Waals surface area (Å²) in [6, 6.07) is 2.97. The van der Waals surface area contributed by atoms with E-state index in [4.69, 9.17) is 26.2 Å². The number of ether oxygens (including phenoxy) is 2. The third-order valence-corrected chi connectivity index (χ3v) is 5.89. The predicted molar refractivity (Wildman–Crippen MR) is 103 cm³/mol. The monoisotopic (exact) mass is 418 g/mol. The molecule has 3 aliphatic rings. The fraction of sp³-hybridized carbons (Fsp3) is 0.400. The van der Waals surface area contributed by atoms with Crippen molar-refractivity contribution in [1.29, 1.82) is 0 Å². The number of rotatable bonds is 6. The van der Waals surface area contributed by atoms with Gasteiger partial charge in [-0.15, -0.1) is 0 Å². The molecule has 2 aliphatic carbocycles. The van der Waals surface area contributed by atoms with Gasteiger partial charge in [0.05, 0.1) is 25.2 Å². The standard InChI is InChI=1S/C20H19ClN2O6/c1-9(20(26)27)29-17-12(6-13(21)7-14(17)28-2)8-22-23-18(24)15-10-3-4-11(5-10)16(15)19(23)25/h3-4,6-11,15-16H,5H2,1-2H3,(H,26,27)/t9-,10+,11+,15-,16+/m1/s1. The second kappa shape index (κ2) is 7.18. The van der Waals surface area contributed by atoms with Gasteiger partial charge in [0.15, 0.2) is 17.6 Å². The van der Waals surface area contributed by atoms with Crippen LogP contribution in [0.15, 0.2) is 29.4 Å². The molecule has 152 valence electrons. The number of fused-ring (bicyclic) bond motifs is 5. The van der Waals surface area contributed by atoms with E-state index in [1.54, 1.807) is 0 Å². The number of hydrogen-bond acceptors (Lipinski definition) is 6. The summed E-state index contributed by atoms with van der Waals surface area (Å²) < 4.78 is 10.7. The van der Waals surface area contributed by atoms with Gasteiger partial charge in [-0.1, -0.05) is 23.8 Å². The quantitative estimate of drug-likeness (QED) is 0.432. The normalized spacial score (nSPS) is 28.3. The van der Waals surface area contributed by atoms with Gasteiger partial charge in [0, 0.05) is 16.7 Å². The number of carbonyl (C=O) groups excluding carboxylic acids is 2. The zero-order chi connectivity index (χ0) is 20.9. The number of aliphatic carboxylic acids is 1. The second-order valence-electron chi connectivity index (χ2n) is 7.36. The molecule has 1 N–H and O–H groups in total. The Morgan fingerprint density at radius 3 is 2.45 bits per heavy atom. The minimum absolute atomic E-state index is 0.0863. The van der Waals surface area contributed by atoms with Crippen LogP contribution < -0.4 is 9.47 Å². The van der Waals surface area contributed by atoms with Crippen molar-refractivity contribution in [2.45, 2.75) is 19.4 Å². The van der Waals surface area contributed by atoms with E-state index in [2.05, 4.69) is 5.10 Å². The summed E-state index contributed by atoms with van der Waals surface area (Å²) in [5.74, 6) is -2.01. The Hall–Kier alpha value is -2.87. The predicted octanol–water partition coefficient (Wildman–Crippen LogP) is 2.34. The first-order chi connectivity index (χ1) is 13.8. The van der Waals surface area contributed by atoms with E-state index in [0.717, 1.165) is 11.4 Å². The van der Waals surface area contributed by atoms with Crippen molar-refractivity contribution < 1.29 is 29.0 Å². The number of allylic oxidation sites excluding steroid dienone is 2. The van der Waals surface area contributed by atoms with Gasteiger partial charge in [0.1, 0.15) is 0 Å². The first-order valence-corrected chi connectivity index (χ1v) is 9.56. The maximum atomic E-state index is 12.7. The Morgan fingerprint density at radius 2 is 1.90 bits per heavy atom. The topological polar surface area (TPSA) is 106 Å². The molecular weight excluding hydrogens is 400 g/mol. The summed E-state index contributed by atoms with van der Waals surface area (Å²) in [7, 11) is 1.39. The highest BCUT2D eigenvalue weighted by Gasteiger charge is 2.59. The van der Waals surface area contributed by atoms with Crippen LogP contribution in [0.1, 0.15) is 18.9 Å². The molecule has 0 spiro atoms. The molecule has 2 fully saturated rings. The second-order valence-corrected chi connectivity index (χ2v) is 7.79. The number of methoxy groups -OCH3 is 1. The molecule has 1 aliphatic heterocycles. The minimum atomic E-state index is -1.16. The van der Waals surface area contributed by atoms with Crippen molar-refractivity contribution in [2.75, 3.05) is 7.11 Å². The van der Waals surface area contributed by atoms with E-state index in [0.29, 0.717) is 10.6 Å². The smallest absolute Gasteiger partial charge is 0.344 e. The van der Waals surface area contributed by atoms with Gasteiger partial charge in [-0.05, 0) is 31.2 Å². The molecule has 2 amide bonds. The number of nitrogens with zero attached hydrogens (tertiary/aromatic N) is 2. The maximum Gasteiger partial charge on any atom is 0.344 e. The Morgan fingerprint density at radius 1 is 1.28 bits per heavy atom. The number of benzene rings is 1. The van der Waals surface area contributed by atoms with Crippen LogP contribution in [-0.4, -0.2) is 47.3 Å². The molecule has 5 atom stereocenters. The van der Waals surface area contributed by atoms with Crippen LogP contribution in [0, 0.1) is 23.7 Å². The number of imide groups is 1. The molecule has 1 saturated heterocycles. The van der Waals surface area contributed by atoms with Crippen molar-refractivity contribution in [1.82, 2.24) is 5.01 Å². The van der Waals surface area contributed by atoms with Crippen molar-refractivity contribution in [3.05, 3.63) is 34.9 Å². The zero-order valence-electron chi connectivity index (χ0n) is 15.7. The number of halogens is 1. The van der Waals surface area contributed by atoms with Crippen molar-refractivity contribution in [2.24, 2.45) is 28.8 Å². The third-order valence-electron chi connectivity index (χ3n) is 5.67. The van der Waals surface area contributed by atoms with Crippen LogP contribution in [-0.2, 0) is 14.4 Å². The number of carbonyl (C=O) groups is 3. The number of hydrazone groups is 1. The van der Waals surface area contributed by atoms with Gasteiger partial charge in [-0.3, -0.25) is 9.59 Å². The molecule has 1 aromatic rings. The number of hydrogen-bond donors (Lipinski definition) is 1. The van der Waals surface area contributed by atoms with E-state index in [1.165, 1.54) is 32.4 Å². The Kier molecular flexibility index (Phi) is 4.82. The summed E-state index contributed by atoms with van der Waals surface area (Å²) in [5.41, 5.74) is 0.293. The fourth-order valence-electron chi connectivity index (χ4n) is 4.31. The Balaban J connectivity index is 1.65. The number of amides is 2. The van der Waals surface area contributed by atoms with E-state index in [-0.39, 0.29) is 47.0 Å². The lowest BCUT2D eigenvalue weighted by Gasteiger charge is -2.17. The third kappa shape index (κ3) is 3.17. The zero-order valence-corrected chi connectivity index (χ0v) is 16.5. The molecule has 1 aromatic carbocycles. The summed E-state index contributed by atoms with van der Waals surface area (Å²) in [6.07, 6.45) is 4.95. The van der Waals surface area contributed by atoms with Crippen LogP contribution in [0.4, 0.5) is 0 Å². The molecule has 4 rings (SSSR count). The first kappa shape index (κ1) is 19.4. The summed E-state index contributed by atoms with van der Waals surface area (Å²) in [5, 5.41) is 14.5. The largest absolute Gasteiger partial charge is 0.493 e. The van der Waals surface area contributed by atoms with Crippen molar-refractivity contribution in [3.8, 4) is 11.5 Å². The van der Waals surface area contributed by atoms with Crippen LogP contribution in [0.3, 0.4) is 0 Å². The van der Waals surface area contributed by atoms with E-state index in [1.807, 2.05) is 12.2 Å². The molecule has 0 aromatic heterocycles. The van der Waals surface area contributed by atoms with Gasteiger partial charge < -0.3 is 14.6 Å². The van der Waals surface area contributed by atoms with E-state index >= 15 is 0 Å². The fourth-order valence-corrected chi connectivity index (χ4v) is 4.53. The van der Waals surface area contributed by atoms with E-state index < -0.39 is 12.1 Å². The summed E-state index contributed by atoms with van der Waals surface area (Å²) in [6.45, 7) is 1.37. The lowest BCUT2D eigenvalue weighted by atomic mass is 9.85. The van der Waals surface area contributed by atoms with Gasteiger partial charge in [0.2, 0.25) is 0 Å². The van der Waals surface area contributed by atoms with Crippen molar-refractivity contribution >= 4 is 35.6 Å². The van der Waals surface area contributed by atoms with E-state index in [9.17, 15) is 14.4 Å². The van der Waals surface area contributed by atoms with Crippen LogP contribution >= 0.6 is 11.6 Å². The lowest BCUT2D eigenvalue weighted by Crippen LogP contribution is -2.28. The molecule has 2 bridgehead atoms. The van der Waals surface area contributed by atoms with Gasteiger partial charge in [-0.25, -0.2) is 4.79 Å². The summed E-state index contributed by atoms with van der Waals surface area (Å²) in [4.78, 5) is 36.7. The van der Waals surface area contributed by atoms with Gasteiger partial charge >= 0.3 is 5.97 Å². The summed E-state index contributed by atoms with van der Waals surface area (Å²) >= 11 is 6.11. The Bertz CT molecular complexity index is 929. The van der Waals surface area contributed by atoms with Crippen molar-refractivity contribution in [3.63, 3.8) is 0 Å². The van der Waals surface area contributed by atoms with Crippen LogP contribution in [0.2, 0.25) is 5.02 Å². The van der Waals surface area contributed by atoms with Crippen LogP contribution in [0.5, 0.6) is 11.5 Å². The molecule has 1 heterocycles. The molecule has 29 heavy (non-hydrogen) atoms. The molecule has 9 heteroatoms. The molecule has 8 nitrogen and oxygen atoms in total. The highest BCUT2D eigenvalue weighted by atomic mass is 35.5. The highest BCUT2D eigenvalue weighted by Crippen LogP contribution is 2.52. The molecule has 1 saturated carbocycles. The lowest BCUT2D eigenvalue weighted by molar-refractivity contribution is -0.144.